The standard InChI is InChI=1S/C15H20N4O/c1-20-14-7-3-2-5-11(14)9-13(19-17)10-12-6-4-8-18-15(12)16/h2-8,13,19H,9-10,17H2,1H3,(H2,16,18). The summed E-state index contributed by atoms with van der Waals surface area (Å²) in [6, 6.07) is 11.8. The summed E-state index contributed by atoms with van der Waals surface area (Å²) in [6.45, 7) is 0. The summed E-state index contributed by atoms with van der Waals surface area (Å²) in [4.78, 5) is 4.09. The van der Waals surface area contributed by atoms with Crippen LogP contribution >= 0.6 is 0 Å². The van der Waals surface area contributed by atoms with Gasteiger partial charge in [0, 0.05) is 12.2 Å². The van der Waals surface area contributed by atoms with E-state index in [0.717, 1.165) is 23.3 Å². The molecule has 1 heterocycles. The predicted molar refractivity (Wildman–Crippen MR) is 80.2 cm³/mol. The fourth-order valence-corrected chi connectivity index (χ4v) is 2.22. The van der Waals surface area contributed by atoms with Gasteiger partial charge in [-0.05, 0) is 36.1 Å². The normalized spacial score (nSPS) is 12.1. The van der Waals surface area contributed by atoms with Crippen molar-refractivity contribution in [2.75, 3.05) is 12.8 Å². The van der Waals surface area contributed by atoms with Crippen LogP contribution in [0.1, 0.15) is 11.1 Å². The second-order valence-corrected chi connectivity index (χ2v) is 4.63. The van der Waals surface area contributed by atoms with E-state index in [0.29, 0.717) is 12.2 Å². The van der Waals surface area contributed by atoms with Gasteiger partial charge in [0.15, 0.2) is 0 Å². The van der Waals surface area contributed by atoms with Gasteiger partial charge in [-0.2, -0.15) is 0 Å². The summed E-state index contributed by atoms with van der Waals surface area (Å²) in [5.74, 6) is 7.07. The van der Waals surface area contributed by atoms with Crippen LogP contribution in [-0.4, -0.2) is 18.1 Å². The molecule has 0 saturated heterocycles. The van der Waals surface area contributed by atoms with Gasteiger partial charge in [0.25, 0.3) is 0 Å². The Hall–Kier alpha value is -2.11. The highest BCUT2D eigenvalue weighted by atomic mass is 16.5. The number of nitrogens with two attached hydrogens (primary N) is 2. The molecular weight excluding hydrogens is 252 g/mol. The lowest BCUT2D eigenvalue weighted by molar-refractivity contribution is 0.404. The summed E-state index contributed by atoms with van der Waals surface area (Å²) < 4.78 is 5.36. The van der Waals surface area contributed by atoms with Crippen molar-refractivity contribution in [3.63, 3.8) is 0 Å². The largest absolute Gasteiger partial charge is 0.496 e. The number of methoxy groups -OCH3 is 1. The molecule has 0 aliphatic carbocycles. The molecule has 2 rings (SSSR count). The Morgan fingerprint density at radius 1 is 1.15 bits per heavy atom. The first-order valence-corrected chi connectivity index (χ1v) is 6.52. The van der Waals surface area contributed by atoms with Gasteiger partial charge < -0.3 is 10.5 Å². The van der Waals surface area contributed by atoms with Gasteiger partial charge in [0.05, 0.1) is 7.11 Å². The number of anilines is 1. The molecule has 1 aromatic carbocycles. The lowest BCUT2D eigenvalue weighted by Gasteiger charge is -2.18. The van der Waals surface area contributed by atoms with Gasteiger partial charge in [-0.3, -0.25) is 11.3 Å². The number of nitrogens with zero attached hydrogens (tertiary/aromatic N) is 1. The fraction of sp³-hybridized carbons (Fsp3) is 0.267. The molecule has 20 heavy (non-hydrogen) atoms. The van der Waals surface area contributed by atoms with Crippen molar-refractivity contribution in [2.24, 2.45) is 5.84 Å². The smallest absolute Gasteiger partial charge is 0.126 e. The number of hydrogen-bond acceptors (Lipinski definition) is 5. The predicted octanol–water partition coefficient (Wildman–Crippen LogP) is 1.29. The summed E-state index contributed by atoms with van der Waals surface area (Å²) in [6.07, 6.45) is 3.16. The maximum Gasteiger partial charge on any atom is 0.126 e. The molecule has 5 nitrogen and oxygen atoms in total. The van der Waals surface area contributed by atoms with Crippen LogP contribution in [0, 0.1) is 0 Å². The van der Waals surface area contributed by atoms with E-state index in [1.807, 2.05) is 36.4 Å². The number of aromatic nitrogens is 1. The van der Waals surface area contributed by atoms with Crippen LogP contribution in [0.5, 0.6) is 5.75 Å². The van der Waals surface area contributed by atoms with Gasteiger partial charge in [-0.15, -0.1) is 0 Å². The number of hydrazine groups is 1. The van der Waals surface area contributed by atoms with Gasteiger partial charge in [0.2, 0.25) is 0 Å². The molecule has 1 unspecified atom stereocenters. The Morgan fingerprint density at radius 2 is 1.85 bits per heavy atom. The molecule has 106 valence electrons. The van der Waals surface area contributed by atoms with E-state index in [9.17, 15) is 0 Å². The Bertz CT molecular complexity index is 559. The van der Waals surface area contributed by atoms with E-state index >= 15 is 0 Å². The van der Waals surface area contributed by atoms with E-state index in [1.165, 1.54) is 0 Å². The van der Waals surface area contributed by atoms with Crippen LogP contribution < -0.4 is 21.7 Å². The maximum absolute atomic E-state index is 5.87. The number of ether oxygens (including phenoxy) is 1. The van der Waals surface area contributed by atoms with Crippen molar-refractivity contribution in [3.8, 4) is 5.75 Å². The first kappa shape index (κ1) is 14.3. The van der Waals surface area contributed by atoms with Crippen molar-refractivity contribution < 1.29 is 4.74 Å². The van der Waals surface area contributed by atoms with E-state index in [1.54, 1.807) is 13.3 Å². The number of rotatable bonds is 6. The number of benzene rings is 1. The lowest BCUT2D eigenvalue weighted by atomic mass is 9.99. The number of nitrogen functional groups attached to an aromatic ring is 1. The summed E-state index contributed by atoms with van der Waals surface area (Å²) in [5.41, 5.74) is 10.8. The maximum atomic E-state index is 5.87. The van der Waals surface area contributed by atoms with Crippen molar-refractivity contribution in [2.45, 2.75) is 18.9 Å². The zero-order valence-electron chi connectivity index (χ0n) is 11.5. The van der Waals surface area contributed by atoms with Crippen LogP contribution in [0.25, 0.3) is 0 Å². The quantitative estimate of drug-likeness (QED) is 0.545. The van der Waals surface area contributed by atoms with Crippen molar-refractivity contribution >= 4 is 5.82 Å². The molecule has 5 heteroatoms. The highest BCUT2D eigenvalue weighted by molar-refractivity contribution is 5.39. The molecular formula is C15H20N4O. The Balaban J connectivity index is 2.11. The summed E-state index contributed by atoms with van der Waals surface area (Å²) in [7, 11) is 1.67. The highest BCUT2D eigenvalue weighted by Crippen LogP contribution is 2.20. The van der Waals surface area contributed by atoms with Gasteiger partial charge in [-0.1, -0.05) is 24.3 Å². The molecule has 5 N–H and O–H groups in total. The third-order valence-electron chi connectivity index (χ3n) is 3.29. The van der Waals surface area contributed by atoms with E-state index in [-0.39, 0.29) is 6.04 Å². The average Bonchev–Trinajstić information content (AvgIpc) is 2.49. The number of hydrogen-bond donors (Lipinski definition) is 3. The number of nitrogens with one attached hydrogen (secondary N) is 1. The zero-order chi connectivity index (χ0) is 14.4. The Morgan fingerprint density at radius 3 is 2.55 bits per heavy atom. The molecule has 1 aromatic heterocycles. The van der Waals surface area contributed by atoms with E-state index in [2.05, 4.69) is 10.4 Å². The van der Waals surface area contributed by atoms with E-state index in [4.69, 9.17) is 16.3 Å². The topological polar surface area (TPSA) is 86.2 Å². The number of pyridine rings is 1. The second-order valence-electron chi connectivity index (χ2n) is 4.63. The zero-order valence-corrected chi connectivity index (χ0v) is 11.5. The molecule has 0 saturated carbocycles. The minimum Gasteiger partial charge on any atom is -0.496 e. The van der Waals surface area contributed by atoms with Crippen molar-refractivity contribution in [1.29, 1.82) is 0 Å². The molecule has 1 atom stereocenters. The van der Waals surface area contributed by atoms with Crippen molar-refractivity contribution in [3.05, 3.63) is 53.7 Å². The van der Waals surface area contributed by atoms with Crippen LogP contribution in [0.15, 0.2) is 42.6 Å². The molecule has 0 radical (unpaired) electrons. The molecule has 0 spiro atoms. The van der Waals surface area contributed by atoms with Crippen LogP contribution in [0.3, 0.4) is 0 Å². The minimum absolute atomic E-state index is 0.0674. The fourth-order valence-electron chi connectivity index (χ4n) is 2.22. The van der Waals surface area contributed by atoms with Gasteiger partial charge >= 0.3 is 0 Å². The minimum atomic E-state index is 0.0674. The van der Waals surface area contributed by atoms with E-state index < -0.39 is 0 Å². The SMILES string of the molecule is COc1ccccc1CC(Cc1cccnc1N)NN. The second kappa shape index (κ2) is 6.88. The van der Waals surface area contributed by atoms with Crippen LogP contribution in [0.2, 0.25) is 0 Å². The monoisotopic (exact) mass is 272 g/mol. The molecule has 2 aromatic rings. The molecule has 0 aliphatic heterocycles. The van der Waals surface area contributed by atoms with Crippen LogP contribution in [0.4, 0.5) is 5.82 Å². The van der Waals surface area contributed by atoms with Crippen molar-refractivity contribution in [1.82, 2.24) is 10.4 Å². The summed E-state index contributed by atoms with van der Waals surface area (Å²) >= 11 is 0. The number of para-hydroxylation sites is 1. The van der Waals surface area contributed by atoms with Crippen LogP contribution in [-0.2, 0) is 12.8 Å². The molecule has 0 fully saturated rings. The molecule has 0 bridgehead atoms. The first-order valence-electron chi connectivity index (χ1n) is 6.52. The Kier molecular flexibility index (Phi) is 4.92. The first-order chi connectivity index (χ1) is 9.74. The Labute approximate surface area is 118 Å². The van der Waals surface area contributed by atoms with Gasteiger partial charge in [0.1, 0.15) is 11.6 Å². The summed E-state index contributed by atoms with van der Waals surface area (Å²) in [5, 5.41) is 0. The highest BCUT2D eigenvalue weighted by Gasteiger charge is 2.13. The van der Waals surface area contributed by atoms with Gasteiger partial charge in [-0.25, -0.2) is 4.98 Å². The molecule has 0 amide bonds. The third-order valence-corrected chi connectivity index (χ3v) is 3.29. The molecule has 0 aliphatic rings. The third kappa shape index (κ3) is 3.46. The average molecular weight is 272 g/mol. The lowest BCUT2D eigenvalue weighted by Crippen LogP contribution is -2.38.